The van der Waals surface area contributed by atoms with Gasteiger partial charge in [-0.1, -0.05) is 140 Å². The minimum Gasteiger partial charge on any atom is -0.309 e. The van der Waals surface area contributed by atoms with E-state index in [0.29, 0.717) is 17.5 Å². The standard InChI is InChI=1S/C51H30N4S2/c1-3-13-31(14-4-1)49-52-50(32-15-5-2-6-16-32)54-51(53-49)33-25-27-39-45(29-33)56-43-23-11-19-37(47(39)43)38-20-12-24-44-48(38)40-28-26-34(30-46(40)57-44)55-41-21-9-7-17-35(41)36-18-8-10-22-42(36)55/h1-30H. The molecule has 266 valence electrons. The summed E-state index contributed by atoms with van der Waals surface area (Å²) in [6.45, 7) is 0. The first-order valence-electron chi connectivity index (χ1n) is 19.0. The summed E-state index contributed by atoms with van der Waals surface area (Å²) in [7, 11) is 0. The molecule has 0 unspecified atom stereocenters. The van der Waals surface area contributed by atoms with Crippen LogP contribution in [0.2, 0.25) is 0 Å². The quantitative estimate of drug-likeness (QED) is 0.175. The molecule has 0 aliphatic heterocycles. The first-order chi connectivity index (χ1) is 28.2. The van der Waals surface area contributed by atoms with Crippen molar-refractivity contribution in [1.29, 1.82) is 0 Å². The van der Waals surface area contributed by atoms with E-state index >= 15 is 0 Å². The molecule has 8 aromatic carbocycles. The second-order valence-electron chi connectivity index (χ2n) is 14.4. The topological polar surface area (TPSA) is 43.6 Å². The van der Waals surface area contributed by atoms with Crippen molar-refractivity contribution in [3.05, 3.63) is 182 Å². The second kappa shape index (κ2) is 12.8. The van der Waals surface area contributed by atoms with Crippen LogP contribution >= 0.6 is 22.7 Å². The minimum absolute atomic E-state index is 0.663. The van der Waals surface area contributed by atoms with Gasteiger partial charge in [0.25, 0.3) is 0 Å². The lowest BCUT2D eigenvalue weighted by Gasteiger charge is -2.10. The van der Waals surface area contributed by atoms with Crippen LogP contribution in [0.5, 0.6) is 0 Å². The van der Waals surface area contributed by atoms with E-state index in [1.54, 1.807) is 0 Å². The molecule has 0 fully saturated rings. The summed E-state index contributed by atoms with van der Waals surface area (Å²) in [5.41, 5.74) is 9.03. The maximum atomic E-state index is 5.02. The summed E-state index contributed by atoms with van der Waals surface area (Å²) in [4.78, 5) is 14.9. The van der Waals surface area contributed by atoms with Gasteiger partial charge >= 0.3 is 0 Å². The molecule has 4 nitrogen and oxygen atoms in total. The van der Waals surface area contributed by atoms with Crippen LogP contribution in [0.4, 0.5) is 0 Å². The number of hydrogen-bond acceptors (Lipinski definition) is 5. The fraction of sp³-hybridized carbons (Fsp3) is 0. The third-order valence-corrected chi connectivity index (χ3v) is 13.3. The van der Waals surface area contributed by atoms with Gasteiger partial charge in [0.1, 0.15) is 0 Å². The number of nitrogens with zero attached hydrogens (tertiary/aromatic N) is 4. The fourth-order valence-corrected chi connectivity index (χ4v) is 10.8. The maximum absolute atomic E-state index is 5.02. The van der Waals surface area contributed by atoms with Crippen molar-refractivity contribution in [3.63, 3.8) is 0 Å². The molecule has 0 saturated carbocycles. The molecule has 0 saturated heterocycles. The van der Waals surface area contributed by atoms with Crippen LogP contribution in [0.1, 0.15) is 0 Å². The lowest BCUT2D eigenvalue weighted by molar-refractivity contribution is 1.07. The van der Waals surface area contributed by atoms with Gasteiger partial charge < -0.3 is 4.57 Å². The van der Waals surface area contributed by atoms with Crippen molar-refractivity contribution in [2.24, 2.45) is 0 Å². The Morgan fingerprint density at radius 3 is 1.37 bits per heavy atom. The lowest BCUT2D eigenvalue weighted by atomic mass is 9.95. The molecule has 0 bridgehead atoms. The molecule has 0 aliphatic rings. The zero-order valence-corrected chi connectivity index (χ0v) is 32.1. The predicted molar refractivity (Wildman–Crippen MR) is 242 cm³/mol. The summed E-state index contributed by atoms with van der Waals surface area (Å²) in [6, 6.07) is 64.9. The third-order valence-electron chi connectivity index (χ3n) is 11.1. The Kier molecular flexibility index (Phi) is 7.24. The van der Waals surface area contributed by atoms with E-state index in [1.165, 1.54) is 79.0 Å². The van der Waals surface area contributed by atoms with Crippen molar-refractivity contribution < 1.29 is 0 Å². The highest BCUT2D eigenvalue weighted by Crippen LogP contribution is 2.46. The lowest BCUT2D eigenvalue weighted by Crippen LogP contribution is -1.99. The number of para-hydroxylation sites is 2. The molecule has 0 radical (unpaired) electrons. The molecule has 6 heteroatoms. The number of fused-ring (bicyclic) bond motifs is 9. The highest BCUT2D eigenvalue weighted by Gasteiger charge is 2.19. The van der Waals surface area contributed by atoms with Crippen LogP contribution in [-0.4, -0.2) is 19.5 Å². The Hall–Kier alpha value is -6.99. The molecule has 12 rings (SSSR count). The van der Waals surface area contributed by atoms with Gasteiger partial charge in [-0.05, 0) is 53.6 Å². The van der Waals surface area contributed by atoms with E-state index in [2.05, 4.69) is 126 Å². The van der Waals surface area contributed by atoms with Crippen molar-refractivity contribution in [2.45, 2.75) is 0 Å². The molecule has 4 heterocycles. The first-order valence-corrected chi connectivity index (χ1v) is 20.7. The van der Waals surface area contributed by atoms with Crippen LogP contribution in [0, 0.1) is 0 Å². The number of aromatic nitrogens is 4. The van der Waals surface area contributed by atoms with Gasteiger partial charge in [-0.25, -0.2) is 15.0 Å². The number of rotatable bonds is 5. The third kappa shape index (κ3) is 5.15. The zero-order valence-electron chi connectivity index (χ0n) is 30.4. The minimum atomic E-state index is 0.663. The molecule has 0 atom stereocenters. The molecule has 0 amide bonds. The molecular weight excluding hydrogens is 733 g/mol. The average molecular weight is 763 g/mol. The van der Waals surface area contributed by atoms with Gasteiger partial charge in [0.15, 0.2) is 17.5 Å². The Labute approximate surface area is 335 Å². The Morgan fingerprint density at radius 2 is 0.807 bits per heavy atom. The summed E-state index contributed by atoms with van der Waals surface area (Å²) in [5, 5.41) is 7.66. The SMILES string of the molecule is c1ccc(-c2nc(-c3ccccc3)nc(-c3ccc4c(c3)sc3cccc(-c5cccc6sc7cc(-n8c9ccccc9c9ccccc98)ccc7c56)c34)n2)cc1. The number of benzene rings is 8. The van der Waals surface area contributed by atoms with Crippen LogP contribution in [0.25, 0.3) is 113 Å². The van der Waals surface area contributed by atoms with Gasteiger partial charge in [-0.3, -0.25) is 0 Å². The normalized spacial score (nSPS) is 11.9. The summed E-state index contributed by atoms with van der Waals surface area (Å²) < 4.78 is 7.44. The maximum Gasteiger partial charge on any atom is 0.164 e. The van der Waals surface area contributed by atoms with Crippen LogP contribution in [0.15, 0.2) is 182 Å². The van der Waals surface area contributed by atoms with E-state index in [-0.39, 0.29) is 0 Å². The molecule has 0 spiro atoms. The Bertz CT molecular complexity index is 3410. The van der Waals surface area contributed by atoms with Gasteiger partial charge in [-0.15, -0.1) is 22.7 Å². The van der Waals surface area contributed by atoms with Crippen LogP contribution in [-0.2, 0) is 0 Å². The van der Waals surface area contributed by atoms with Gasteiger partial charge in [0.05, 0.1) is 11.0 Å². The second-order valence-corrected chi connectivity index (χ2v) is 16.5. The van der Waals surface area contributed by atoms with Gasteiger partial charge in [-0.2, -0.15) is 0 Å². The van der Waals surface area contributed by atoms with Gasteiger partial charge in [0.2, 0.25) is 0 Å². The highest BCUT2D eigenvalue weighted by atomic mass is 32.1. The van der Waals surface area contributed by atoms with Crippen LogP contribution < -0.4 is 0 Å². The summed E-state index contributed by atoms with van der Waals surface area (Å²) in [6.07, 6.45) is 0. The van der Waals surface area contributed by atoms with E-state index in [1.807, 2.05) is 83.3 Å². The van der Waals surface area contributed by atoms with E-state index < -0.39 is 0 Å². The average Bonchev–Trinajstić information content (AvgIpc) is 3.96. The van der Waals surface area contributed by atoms with E-state index in [4.69, 9.17) is 15.0 Å². The molecule has 12 aromatic rings. The first kappa shape index (κ1) is 32.3. The number of hydrogen-bond donors (Lipinski definition) is 0. The fourth-order valence-electron chi connectivity index (χ4n) is 8.51. The van der Waals surface area contributed by atoms with Crippen LogP contribution in [0.3, 0.4) is 0 Å². The van der Waals surface area contributed by atoms with Crippen molar-refractivity contribution in [3.8, 4) is 51.0 Å². The molecule has 57 heavy (non-hydrogen) atoms. The Morgan fingerprint density at radius 1 is 0.333 bits per heavy atom. The van der Waals surface area contributed by atoms with Crippen molar-refractivity contribution in [2.75, 3.05) is 0 Å². The smallest absolute Gasteiger partial charge is 0.164 e. The monoisotopic (exact) mass is 762 g/mol. The van der Waals surface area contributed by atoms with Gasteiger partial charge in [0, 0.05) is 73.5 Å². The summed E-state index contributed by atoms with van der Waals surface area (Å²) in [5.74, 6) is 1.99. The molecule has 0 aliphatic carbocycles. The highest BCUT2D eigenvalue weighted by molar-refractivity contribution is 7.26. The number of thiophene rings is 2. The van der Waals surface area contributed by atoms with Crippen molar-refractivity contribution >= 4 is 84.8 Å². The largest absolute Gasteiger partial charge is 0.309 e. The van der Waals surface area contributed by atoms with Crippen molar-refractivity contribution in [1.82, 2.24) is 19.5 Å². The Balaban J connectivity index is 1.00. The zero-order chi connectivity index (χ0) is 37.5. The predicted octanol–water partition coefficient (Wildman–Crippen LogP) is 14.4. The molecule has 0 N–H and O–H groups in total. The van der Waals surface area contributed by atoms with E-state index in [0.717, 1.165) is 16.7 Å². The molecular formula is C51H30N4S2. The molecule has 4 aromatic heterocycles. The van der Waals surface area contributed by atoms with E-state index in [9.17, 15) is 0 Å². The summed E-state index contributed by atoms with van der Waals surface area (Å²) >= 11 is 3.69.